The number of aromatic nitrogens is 1. The summed E-state index contributed by atoms with van der Waals surface area (Å²) in [5, 5.41) is 21.7. The summed E-state index contributed by atoms with van der Waals surface area (Å²) in [6, 6.07) is 7.16. The number of hydrogen-bond donors (Lipinski definition) is 2. The lowest BCUT2D eigenvalue weighted by atomic mass is 9.76. The zero-order valence-corrected chi connectivity index (χ0v) is 13.3. The van der Waals surface area contributed by atoms with E-state index in [0.29, 0.717) is 5.92 Å². The summed E-state index contributed by atoms with van der Waals surface area (Å²) in [5.74, 6) is 0.812. The Hall–Kier alpha value is -1.91. The molecule has 120 valence electrons. The van der Waals surface area contributed by atoms with Gasteiger partial charge in [0.1, 0.15) is 5.75 Å². The van der Waals surface area contributed by atoms with Crippen molar-refractivity contribution in [2.24, 2.45) is 5.92 Å². The van der Waals surface area contributed by atoms with Crippen molar-refractivity contribution in [3.8, 4) is 5.75 Å². The van der Waals surface area contributed by atoms with Gasteiger partial charge < -0.3 is 10.2 Å². The summed E-state index contributed by atoms with van der Waals surface area (Å²) in [5.41, 5.74) is 3.19. The second-order valence-electron chi connectivity index (χ2n) is 6.67. The van der Waals surface area contributed by atoms with Crippen LogP contribution < -0.4 is 0 Å². The molecule has 2 N–H and O–H groups in total. The van der Waals surface area contributed by atoms with Crippen molar-refractivity contribution >= 4 is 10.9 Å². The first kappa shape index (κ1) is 14.7. The van der Waals surface area contributed by atoms with E-state index in [0.717, 1.165) is 36.0 Å². The van der Waals surface area contributed by atoms with Gasteiger partial charge in [-0.2, -0.15) is 0 Å². The van der Waals surface area contributed by atoms with Crippen molar-refractivity contribution in [3.63, 3.8) is 0 Å². The van der Waals surface area contributed by atoms with E-state index in [4.69, 9.17) is 0 Å². The number of rotatable bonds is 2. The molecule has 1 aromatic heterocycles. The third-order valence-electron chi connectivity index (χ3n) is 5.48. The highest BCUT2D eigenvalue weighted by molar-refractivity contribution is 5.83. The minimum absolute atomic E-state index is 0.144. The summed E-state index contributed by atoms with van der Waals surface area (Å²) in [6.45, 7) is 4.14. The number of phenols is 1. The molecule has 0 amide bonds. The monoisotopic (exact) mass is 310 g/mol. The number of benzene rings is 1. The largest absolute Gasteiger partial charge is 0.508 e. The van der Waals surface area contributed by atoms with Crippen molar-refractivity contribution in [3.05, 3.63) is 47.7 Å². The third-order valence-corrected chi connectivity index (χ3v) is 5.48. The van der Waals surface area contributed by atoms with Gasteiger partial charge in [0, 0.05) is 24.2 Å². The van der Waals surface area contributed by atoms with Crippen LogP contribution in [0.1, 0.15) is 31.4 Å². The SMILES string of the molecule is C/C=C1/CN2CC[C@H]1C[C@H]2[C@H](O)c1ccnc2ccc(O)cc12. The van der Waals surface area contributed by atoms with Crippen LogP contribution in [0.25, 0.3) is 10.9 Å². The molecule has 23 heavy (non-hydrogen) atoms. The quantitative estimate of drug-likeness (QED) is 0.837. The van der Waals surface area contributed by atoms with Gasteiger partial charge in [0.15, 0.2) is 0 Å². The maximum absolute atomic E-state index is 11.0. The zero-order valence-electron chi connectivity index (χ0n) is 13.3. The number of aliphatic hydroxyl groups is 1. The summed E-state index contributed by atoms with van der Waals surface area (Å²) >= 11 is 0. The molecule has 0 spiro atoms. The second kappa shape index (κ2) is 5.62. The number of allylic oxidation sites excluding steroid dienone is 1. The molecule has 4 heteroatoms. The first-order valence-electron chi connectivity index (χ1n) is 8.32. The van der Waals surface area contributed by atoms with Crippen LogP contribution in [0.5, 0.6) is 5.75 Å². The fourth-order valence-corrected chi connectivity index (χ4v) is 4.22. The summed E-state index contributed by atoms with van der Waals surface area (Å²) in [6.07, 6.45) is 5.62. The van der Waals surface area contributed by atoms with E-state index in [1.807, 2.05) is 6.07 Å². The van der Waals surface area contributed by atoms with E-state index in [-0.39, 0.29) is 11.8 Å². The third kappa shape index (κ3) is 2.42. The van der Waals surface area contributed by atoms with Crippen molar-refractivity contribution < 1.29 is 10.2 Å². The van der Waals surface area contributed by atoms with Gasteiger partial charge in [0.05, 0.1) is 11.6 Å². The summed E-state index contributed by atoms with van der Waals surface area (Å²) in [7, 11) is 0. The molecule has 3 fully saturated rings. The van der Waals surface area contributed by atoms with Crippen molar-refractivity contribution in [1.82, 2.24) is 9.88 Å². The predicted octanol–water partition coefficient (Wildman–Crippen LogP) is 3.01. The Balaban J connectivity index is 1.70. The molecule has 1 unspecified atom stereocenters. The van der Waals surface area contributed by atoms with Gasteiger partial charge in [-0.05, 0) is 62.1 Å². The molecular formula is C19H22N2O2. The number of piperidine rings is 3. The molecular weight excluding hydrogens is 288 g/mol. The highest BCUT2D eigenvalue weighted by Gasteiger charge is 2.40. The maximum Gasteiger partial charge on any atom is 0.116 e. The lowest BCUT2D eigenvalue weighted by molar-refractivity contribution is -0.00340. The summed E-state index contributed by atoms with van der Waals surface area (Å²) < 4.78 is 0. The van der Waals surface area contributed by atoms with Crippen LogP contribution in [0.2, 0.25) is 0 Å². The average Bonchev–Trinajstić information content (AvgIpc) is 2.60. The molecule has 4 atom stereocenters. The minimum atomic E-state index is -0.552. The maximum atomic E-state index is 11.0. The standard InChI is InChI=1S/C19H22N2O2/c1-2-12-11-21-8-6-13(12)9-18(21)19(23)15-5-7-20-17-4-3-14(22)10-16(15)17/h2-5,7,10,13,18-19,22-23H,6,8-9,11H2,1H3/b12-2-/t13-,18-,19+/m0/s1. The molecule has 5 rings (SSSR count). The number of hydrogen-bond acceptors (Lipinski definition) is 4. The Morgan fingerprint density at radius 3 is 2.96 bits per heavy atom. The molecule has 3 saturated heterocycles. The molecule has 0 aliphatic carbocycles. The van der Waals surface area contributed by atoms with Crippen LogP contribution in [0.4, 0.5) is 0 Å². The molecule has 3 aliphatic rings. The molecule has 3 aliphatic heterocycles. The van der Waals surface area contributed by atoms with Gasteiger partial charge in [-0.1, -0.05) is 11.6 Å². The van der Waals surface area contributed by atoms with E-state index in [1.54, 1.807) is 24.4 Å². The Labute approximate surface area is 136 Å². The average molecular weight is 310 g/mol. The number of nitrogens with zero attached hydrogens (tertiary/aromatic N) is 2. The topological polar surface area (TPSA) is 56.6 Å². The normalized spacial score (nSPS) is 30.0. The molecule has 4 heterocycles. The van der Waals surface area contributed by atoms with Crippen molar-refractivity contribution in [1.29, 1.82) is 0 Å². The van der Waals surface area contributed by atoms with Gasteiger partial charge in [-0.15, -0.1) is 0 Å². The highest BCUT2D eigenvalue weighted by Crippen LogP contribution is 2.41. The number of phenolic OH excluding ortho intramolecular Hbond substituents is 1. The number of pyridine rings is 1. The second-order valence-corrected chi connectivity index (χ2v) is 6.67. The molecule has 1 aromatic carbocycles. The van der Waals surface area contributed by atoms with Gasteiger partial charge in [-0.3, -0.25) is 9.88 Å². The van der Waals surface area contributed by atoms with E-state index >= 15 is 0 Å². The van der Waals surface area contributed by atoms with Crippen LogP contribution in [-0.2, 0) is 0 Å². The molecule has 4 nitrogen and oxygen atoms in total. The molecule has 2 aromatic rings. The van der Waals surface area contributed by atoms with Gasteiger partial charge in [-0.25, -0.2) is 0 Å². The van der Waals surface area contributed by atoms with E-state index in [1.165, 1.54) is 12.0 Å². The molecule has 2 bridgehead atoms. The number of aliphatic hydroxyl groups excluding tert-OH is 1. The lowest BCUT2D eigenvalue weighted by Gasteiger charge is -2.48. The van der Waals surface area contributed by atoms with Crippen LogP contribution in [0, 0.1) is 5.92 Å². The number of fused-ring (bicyclic) bond motifs is 4. The molecule has 0 radical (unpaired) electrons. The molecule has 0 saturated carbocycles. The first-order chi connectivity index (χ1) is 11.2. The lowest BCUT2D eigenvalue weighted by Crippen LogP contribution is -2.52. The van der Waals surface area contributed by atoms with Crippen LogP contribution >= 0.6 is 0 Å². The van der Waals surface area contributed by atoms with Crippen LogP contribution in [0.15, 0.2) is 42.1 Å². The fraction of sp³-hybridized carbons (Fsp3) is 0.421. The zero-order chi connectivity index (χ0) is 16.0. The van der Waals surface area contributed by atoms with E-state index in [2.05, 4.69) is 22.9 Å². The van der Waals surface area contributed by atoms with Crippen molar-refractivity contribution in [2.45, 2.75) is 31.9 Å². The Morgan fingerprint density at radius 2 is 2.22 bits per heavy atom. The van der Waals surface area contributed by atoms with Gasteiger partial charge in [0.25, 0.3) is 0 Å². The van der Waals surface area contributed by atoms with Crippen LogP contribution in [0.3, 0.4) is 0 Å². The number of aromatic hydroxyl groups is 1. The Morgan fingerprint density at radius 1 is 1.35 bits per heavy atom. The van der Waals surface area contributed by atoms with Gasteiger partial charge in [0.2, 0.25) is 0 Å². The Bertz CT molecular complexity index is 771. The minimum Gasteiger partial charge on any atom is -0.508 e. The van der Waals surface area contributed by atoms with E-state index in [9.17, 15) is 10.2 Å². The fourth-order valence-electron chi connectivity index (χ4n) is 4.22. The van der Waals surface area contributed by atoms with Crippen LogP contribution in [-0.4, -0.2) is 39.2 Å². The predicted molar refractivity (Wildman–Crippen MR) is 90.2 cm³/mol. The van der Waals surface area contributed by atoms with Gasteiger partial charge >= 0.3 is 0 Å². The smallest absolute Gasteiger partial charge is 0.116 e. The van der Waals surface area contributed by atoms with Crippen molar-refractivity contribution in [2.75, 3.05) is 13.1 Å². The summed E-state index contributed by atoms with van der Waals surface area (Å²) in [4.78, 5) is 6.74. The Kier molecular flexibility index (Phi) is 3.58. The van der Waals surface area contributed by atoms with E-state index < -0.39 is 6.10 Å². The highest BCUT2D eigenvalue weighted by atomic mass is 16.3. The first-order valence-corrected chi connectivity index (χ1v) is 8.32.